The van der Waals surface area contributed by atoms with Crippen LogP contribution >= 0.6 is 0 Å². The number of rotatable bonds is 7. The van der Waals surface area contributed by atoms with E-state index in [4.69, 9.17) is 9.84 Å². The highest BCUT2D eigenvalue weighted by Crippen LogP contribution is 2.26. The van der Waals surface area contributed by atoms with Crippen LogP contribution in [0.4, 0.5) is 11.4 Å². The van der Waals surface area contributed by atoms with Crippen LogP contribution in [0.25, 0.3) is 0 Å². The second-order valence-corrected chi connectivity index (χ2v) is 6.19. The molecule has 0 aliphatic rings. The summed E-state index contributed by atoms with van der Waals surface area (Å²) in [5.74, 6) is -0.901. The fourth-order valence-corrected chi connectivity index (χ4v) is 3.04. The maximum absolute atomic E-state index is 12.3. The average Bonchev–Trinajstić information content (AvgIpc) is 2.54. The van der Waals surface area contributed by atoms with E-state index in [2.05, 4.69) is 4.72 Å². The molecule has 0 unspecified atom stereocenters. The number of carbonyl (C=O) groups is 1. The van der Waals surface area contributed by atoms with Crippen LogP contribution in [0.3, 0.4) is 0 Å². The predicted octanol–water partition coefficient (Wildman–Crippen LogP) is 1.86. The van der Waals surface area contributed by atoms with Gasteiger partial charge in [-0.1, -0.05) is 12.1 Å². The number of nitrogens with zero attached hydrogens (tertiary/aromatic N) is 1. The Bertz CT molecular complexity index is 863. The number of para-hydroxylation sites is 1. The summed E-state index contributed by atoms with van der Waals surface area (Å²) in [4.78, 5) is 20.1. The molecule has 0 amide bonds. The molecular weight excluding hydrogens is 340 g/mol. The maximum atomic E-state index is 12.3. The number of nitrogens with one attached hydrogen (secondary N) is 1. The lowest BCUT2D eigenvalue weighted by Gasteiger charge is -2.09. The number of hydrogen-bond acceptors (Lipinski definition) is 6. The van der Waals surface area contributed by atoms with Crippen molar-refractivity contribution in [3.8, 4) is 5.75 Å². The molecule has 126 valence electrons. The predicted molar refractivity (Wildman–Crippen MR) is 83.5 cm³/mol. The van der Waals surface area contributed by atoms with Gasteiger partial charge in [-0.05, 0) is 30.3 Å². The van der Waals surface area contributed by atoms with Gasteiger partial charge in [0.1, 0.15) is 5.75 Å². The summed E-state index contributed by atoms with van der Waals surface area (Å²) < 4.78 is 31.7. The smallest absolute Gasteiger partial charge is 0.341 e. The Hall–Kier alpha value is -3.14. The molecule has 0 spiro atoms. The molecule has 2 aromatic rings. The largest absolute Gasteiger partial charge is 0.482 e. The van der Waals surface area contributed by atoms with Crippen molar-refractivity contribution in [3.05, 3.63) is 58.6 Å². The first-order valence-electron chi connectivity index (χ1n) is 6.50. The van der Waals surface area contributed by atoms with Crippen molar-refractivity contribution >= 4 is 27.4 Å². The number of benzene rings is 2. The highest BCUT2D eigenvalue weighted by Gasteiger charge is 2.25. The summed E-state index contributed by atoms with van der Waals surface area (Å²) >= 11 is 0. The molecule has 0 saturated heterocycles. The lowest BCUT2D eigenvalue weighted by Crippen LogP contribution is -2.14. The van der Waals surface area contributed by atoms with Crippen molar-refractivity contribution in [1.82, 2.24) is 0 Å². The van der Waals surface area contributed by atoms with Crippen molar-refractivity contribution in [3.63, 3.8) is 0 Å². The SMILES string of the molecule is O=C(O)COc1ccc(NS(=O)(=O)c2ccccc2[N+](=O)[O-])cc1. The van der Waals surface area contributed by atoms with Crippen LogP contribution in [-0.2, 0) is 14.8 Å². The molecule has 10 heteroatoms. The molecule has 0 atom stereocenters. The van der Waals surface area contributed by atoms with Crippen LogP contribution in [0.5, 0.6) is 5.75 Å². The Labute approximate surface area is 136 Å². The van der Waals surface area contributed by atoms with Crippen molar-refractivity contribution in [1.29, 1.82) is 0 Å². The Morgan fingerprint density at radius 2 is 1.79 bits per heavy atom. The molecule has 0 heterocycles. The third-order valence-electron chi connectivity index (χ3n) is 2.82. The standard InChI is InChI=1S/C14H12N2O7S/c17-14(18)9-23-11-7-5-10(6-8-11)15-24(21,22)13-4-2-1-3-12(13)16(19)20/h1-8,15H,9H2,(H,17,18). The van der Waals surface area contributed by atoms with E-state index in [1.165, 1.54) is 36.4 Å². The van der Waals surface area contributed by atoms with Gasteiger partial charge >= 0.3 is 5.97 Å². The molecule has 2 aromatic carbocycles. The van der Waals surface area contributed by atoms with Crippen LogP contribution < -0.4 is 9.46 Å². The molecular formula is C14H12N2O7S. The number of carboxylic acid groups (broad SMARTS) is 1. The fraction of sp³-hybridized carbons (Fsp3) is 0.0714. The Morgan fingerprint density at radius 1 is 1.17 bits per heavy atom. The van der Waals surface area contributed by atoms with Crippen LogP contribution in [0.1, 0.15) is 0 Å². The highest BCUT2D eigenvalue weighted by atomic mass is 32.2. The van der Waals surface area contributed by atoms with Crippen molar-refractivity contribution in [2.75, 3.05) is 11.3 Å². The molecule has 0 radical (unpaired) electrons. The van der Waals surface area contributed by atoms with Crippen LogP contribution in [-0.4, -0.2) is 31.0 Å². The van der Waals surface area contributed by atoms with Crippen LogP contribution in [0.2, 0.25) is 0 Å². The molecule has 24 heavy (non-hydrogen) atoms. The van der Waals surface area contributed by atoms with Gasteiger partial charge in [0.25, 0.3) is 15.7 Å². The first-order chi connectivity index (χ1) is 11.3. The summed E-state index contributed by atoms with van der Waals surface area (Å²) in [5.41, 5.74) is -0.387. The second kappa shape index (κ2) is 6.96. The quantitative estimate of drug-likeness (QED) is 0.573. The molecule has 0 bridgehead atoms. The Morgan fingerprint density at radius 3 is 2.38 bits per heavy atom. The number of ether oxygens (including phenoxy) is 1. The van der Waals surface area contributed by atoms with E-state index in [9.17, 15) is 23.3 Å². The second-order valence-electron chi connectivity index (χ2n) is 4.54. The fourth-order valence-electron chi connectivity index (χ4n) is 1.81. The lowest BCUT2D eigenvalue weighted by molar-refractivity contribution is -0.387. The van der Waals surface area contributed by atoms with Gasteiger partial charge in [0.15, 0.2) is 11.5 Å². The van der Waals surface area contributed by atoms with E-state index < -0.39 is 38.1 Å². The summed E-state index contributed by atoms with van der Waals surface area (Å²) in [6.07, 6.45) is 0. The van der Waals surface area contributed by atoms with Gasteiger partial charge in [0.2, 0.25) is 0 Å². The van der Waals surface area contributed by atoms with Gasteiger partial charge < -0.3 is 9.84 Å². The van der Waals surface area contributed by atoms with E-state index in [1.807, 2.05) is 0 Å². The Balaban J connectivity index is 2.21. The van der Waals surface area contributed by atoms with Gasteiger partial charge in [0, 0.05) is 11.8 Å². The number of sulfonamides is 1. The minimum absolute atomic E-state index is 0.149. The van der Waals surface area contributed by atoms with Gasteiger partial charge in [-0.15, -0.1) is 0 Å². The van der Waals surface area contributed by atoms with E-state index in [0.29, 0.717) is 0 Å². The summed E-state index contributed by atoms with van der Waals surface area (Å²) in [6.45, 7) is -0.527. The zero-order valence-electron chi connectivity index (χ0n) is 12.1. The van der Waals surface area contributed by atoms with Gasteiger partial charge in [0.05, 0.1) is 4.92 Å². The van der Waals surface area contributed by atoms with Crippen LogP contribution in [0, 0.1) is 10.1 Å². The summed E-state index contributed by atoms with van der Waals surface area (Å²) in [5, 5.41) is 19.4. The number of aliphatic carboxylic acids is 1. The van der Waals surface area contributed by atoms with E-state index in [0.717, 1.165) is 12.1 Å². The van der Waals surface area contributed by atoms with Gasteiger partial charge in [-0.3, -0.25) is 14.8 Å². The Kier molecular flexibility index (Phi) is 4.99. The minimum atomic E-state index is -4.15. The monoisotopic (exact) mass is 352 g/mol. The summed E-state index contributed by atoms with van der Waals surface area (Å²) in [6, 6.07) is 10.4. The molecule has 0 aliphatic heterocycles. The van der Waals surface area contributed by atoms with Gasteiger partial charge in [-0.25, -0.2) is 13.2 Å². The normalized spacial score (nSPS) is 10.8. The number of nitro benzene ring substituents is 1. The molecule has 0 saturated carbocycles. The molecule has 9 nitrogen and oxygen atoms in total. The number of nitro groups is 1. The topological polar surface area (TPSA) is 136 Å². The maximum Gasteiger partial charge on any atom is 0.341 e. The molecule has 2 rings (SSSR count). The minimum Gasteiger partial charge on any atom is -0.482 e. The van der Waals surface area contributed by atoms with E-state index >= 15 is 0 Å². The zero-order valence-corrected chi connectivity index (χ0v) is 12.9. The van der Waals surface area contributed by atoms with Crippen molar-refractivity contribution in [2.45, 2.75) is 4.90 Å². The number of hydrogen-bond donors (Lipinski definition) is 2. The van der Waals surface area contributed by atoms with Gasteiger partial charge in [-0.2, -0.15) is 0 Å². The van der Waals surface area contributed by atoms with E-state index in [-0.39, 0.29) is 11.4 Å². The van der Waals surface area contributed by atoms with E-state index in [1.54, 1.807) is 0 Å². The first-order valence-corrected chi connectivity index (χ1v) is 7.99. The third-order valence-corrected chi connectivity index (χ3v) is 4.25. The molecule has 2 N–H and O–H groups in total. The number of carboxylic acids is 1. The van der Waals surface area contributed by atoms with Crippen molar-refractivity contribution < 1.29 is 28.0 Å². The zero-order chi connectivity index (χ0) is 17.7. The average molecular weight is 352 g/mol. The number of anilines is 1. The highest BCUT2D eigenvalue weighted by molar-refractivity contribution is 7.92. The molecule has 0 aliphatic carbocycles. The first kappa shape index (κ1) is 17.2. The lowest BCUT2D eigenvalue weighted by atomic mass is 10.3. The van der Waals surface area contributed by atoms with Crippen LogP contribution in [0.15, 0.2) is 53.4 Å². The molecule has 0 aromatic heterocycles. The third kappa shape index (κ3) is 4.20. The van der Waals surface area contributed by atoms with Crippen molar-refractivity contribution in [2.24, 2.45) is 0 Å². The molecule has 0 fully saturated rings. The summed E-state index contributed by atoms with van der Waals surface area (Å²) in [7, 11) is -4.15.